The topological polar surface area (TPSA) is 84.1 Å². The molecule has 0 aliphatic rings. The number of nitrogens with one attached hydrogen (secondary N) is 2. The first-order valence-corrected chi connectivity index (χ1v) is 7.63. The van der Waals surface area contributed by atoms with Crippen LogP contribution in [0.15, 0.2) is 34.2 Å². The number of imidazole rings is 1. The van der Waals surface area contributed by atoms with E-state index < -0.39 is 10.0 Å². The molecule has 102 valence electrons. The maximum Gasteiger partial charge on any atom is 0.279 e. The van der Waals surface area contributed by atoms with Crippen molar-refractivity contribution in [3.05, 3.63) is 34.2 Å². The molecule has 0 saturated carbocycles. The lowest BCUT2D eigenvalue weighted by molar-refractivity contribution is 0.414. The fraction of sp³-hybridized carbons (Fsp3) is 0.100. The lowest BCUT2D eigenvalue weighted by Crippen LogP contribution is -2.14. The maximum absolute atomic E-state index is 12.1. The Kier molecular flexibility index (Phi) is 4.02. The van der Waals surface area contributed by atoms with Gasteiger partial charge >= 0.3 is 0 Å². The third-order valence-corrected chi connectivity index (χ3v) is 4.32. The van der Waals surface area contributed by atoms with E-state index in [0.29, 0.717) is 15.2 Å². The van der Waals surface area contributed by atoms with Crippen molar-refractivity contribution in [2.24, 2.45) is 0 Å². The zero-order valence-corrected chi connectivity index (χ0v) is 12.8. The Bertz CT molecular complexity index is 688. The first kappa shape index (κ1) is 14.2. The molecule has 0 aliphatic heterocycles. The van der Waals surface area contributed by atoms with Crippen molar-refractivity contribution in [3.63, 3.8) is 0 Å². The number of benzene rings is 1. The van der Waals surface area contributed by atoms with Crippen molar-refractivity contribution in [3.8, 4) is 5.75 Å². The Morgan fingerprint density at radius 1 is 1.47 bits per heavy atom. The van der Waals surface area contributed by atoms with Crippen LogP contribution in [0.3, 0.4) is 0 Å². The van der Waals surface area contributed by atoms with Crippen molar-refractivity contribution in [2.75, 3.05) is 11.8 Å². The Morgan fingerprint density at radius 2 is 2.21 bits per heavy atom. The Morgan fingerprint density at radius 3 is 2.79 bits per heavy atom. The number of hydrogen-bond acceptors (Lipinski definition) is 4. The van der Waals surface area contributed by atoms with Gasteiger partial charge in [0, 0.05) is 5.02 Å². The summed E-state index contributed by atoms with van der Waals surface area (Å²) >= 11 is 9.14. The number of ether oxygens (including phenoxy) is 1. The summed E-state index contributed by atoms with van der Waals surface area (Å²) in [7, 11) is -2.33. The van der Waals surface area contributed by atoms with Gasteiger partial charge in [-0.05, 0) is 28.1 Å². The van der Waals surface area contributed by atoms with E-state index >= 15 is 0 Å². The van der Waals surface area contributed by atoms with Gasteiger partial charge in [0.1, 0.15) is 0 Å². The summed E-state index contributed by atoms with van der Waals surface area (Å²) in [5.74, 6) is 0.340. The average Bonchev–Trinajstić information content (AvgIpc) is 2.81. The third kappa shape index (κ3) is 3.02. The number of anilines is 1. The summed E-state index contributed by atoms with van der Waals surface area (Å²) in [6.07, 6.45) is 2.48. The van der Waals surface area contributed by atoms with Gasteiger partial charge in [-0.1, -0.05) is 11.6 Å². The van der Waals surface area contributed by atoms with E-state index in [-0.39, 0.29) is 10.7 Å². The van der Waals surface area contributed by atoms with Gasteiger partial charge < -0.3 is 9.72 Å². The molecule has 0 amide bonds. The highest BCUT2D eigenvalue weighted by Gasteiger charge is 2.19. The standard InChI is InChI=1S/C10H9BrClN3O3S/c1-18-10-7(11)2-6(12)3-8(10)15-19(16,17)9-4-13-5-14-9/h2-5,15H,1H3,(H,13,14). The summed E-state index contributed by atoms with van der Waals surface area (Å²) < 4.78 is 32.2. The van der Waals surface area contributed by atoms with Gasteiger partial charge in [0.05, 0.1) is 29.8 Å². The highest BCUT2D eigenvalue weighted by atomic mass is 79.9. The minimum absolute atomic E-state index is 0.0503. The minimum atomic E-state index is -3.76. The molecule has 0 saturated heterocycles. The highest BCUT2D eigenvalue weighted by Crippen LogP contribution is 2.37. The molecule has 1 aromatic heterocycles. The van der Waals surface area contributed by atoms with Crippen LogP contribution in [0, 0.1) is 0 Å². The number of aromatic amines is 1. The van der Waals surface area contributed by atoms with Crippen LogP contribution in [0.4, 0.5) is 5.69 Å². The molecule has 1 aromatic carbocycles. The van der Waals surface area contributed by atoms with E-state index in [4.69, 9.17) is 16.3 Å². The fourth-order valence-corrected chi connectivity index (χ4v) is 3.36. The van der Waals surface area contributed by atoms with E-state index in [9.17, 15) is 8.42 Å². The van der Waals surface area contributed by atoms with Crippen molar-refractivity contribution >= 4 is 43.2 Å². The number of aromatic nitrogens is 2. The van der Waals surface area contributed by atoms with Gasteiger partial charge in [-0.2, -0.15) is 8.42 Å². The lowest BCUT2D eigenvalue weighted by atomic mass is 10.3. The number of nitrogens with zero attached hydrogens (tertiary/aromatic N) is 1. The molecular formula is C10H9BrClN3O3S. The van der Waals surface area contributed by atoms with Crippen LogP contribution in [0.1, 0.15) is 0 Å². The van der Waals surface area contributed by atoms with Crippen LogP contribution >= 0.6 is 27.5 Å². The van der Waals surface area contributed by atoms with Crippen LogP contribution < -0.4 is 9.46 Å². The van der Waals surface area contributed by atoms with Gasteiger partial charge in [0.15, 0.2) is 10.8 Å². The van der Waals surface area contributed by atoms with Crippen molar-refractivity contribution < 1.29 is 13.2 Å². The number of methoxy groups -OCH3 is 1. The molecule has 2 rings (SSSR count). The summed E-state index contributed by atoms with van der Waals surface area (Å²) in [6.45, 7) is 0. The SMILES string of the molecule is COc1c(Br)cc(Cl)cc1NS(=O)(=O)c1cnc[nH]1. The van der Waals surface area contributed by atoms with Crippen LogP contribution in [-0.4, -0.2) is 25.5 Å². The number of halogens is 2. The van der Waals surface area contributed by atoms with Crippen molar-refractivity contribution in [1.29, 1.82) is 0 Å². The highest BCUT2D eigenvalue weighted by molar-refractivity contribution is 9.10. The van der Waals surface area contributed by atoms with E-state index in [0.717, 1.165) is 0 Å². The van der Waals surface area contributed by atoms with Crippen LogP contribution in [0.25, 0.3) is 0 Å². The Labute approximate surface area is 123 Å². The third-order valence-electron chi connectivity index (χ3n) is 2.22. The largest absolute Gasteiger partial charge is 0.493 e. The van der Waals surface area contributed by atoms with E-state index in [2.05, 4.69) is 30.6 Å². The molecular weight excluding hydrogens is 358 g/mol. The number of hydrogen-bond donors (Lipinski definition) is 2. The molecule has 6 nitrogen and oxygen atoms in total. The first-order valence-electron chi connectivity index (χ1n) is 4.98. The maximum atomic E-state index is 12.1. The van der Waals surface area contributed by atoms with E-state index in [1.54, 1.807) is 6.07 Å². The van der Waals surface area contributed by atoms with Crippen molar-refractivity contribution in [1.82, 2.24) is 9.97 Å². The molecule has 0 radical (unpaired) electrons. The van der Waals surface area contributed by atoms with E-state index in [1.165, 1.54) is 25.7 Å². The second-order valence-electron chi connectivity index (χ2n) is 3.49. The molecule has 0 unspecified atom stereocenters. The Balaban J connectivity index is 2.44. The minimum Gasteiger partial charge on any atom is -0.493 e. The summed E-state index contributed by atoms with van der Waals surface area (Å²) in [5, 5.41) is 0.320. The van der Waals surface area contributed by atoms with Gasteiger partial charge in [-0.15, -0.1) is 0 Å². The second-order valence-corrected chi connectivity index (χ2v) is 6.43. The number of H-pyrrole nitrogens is 1. The predicted octanol–water partition coefficient (Wildman–Crippen LogP) is 2.63. The normalized spacial score (nSPS) is 11.3. The molecule has 19 heavy (non-hydrogen) atoms. The smallest absolute Gasteiger partial charge is 0.279 e. The molecule has 0 aliphatic carbocycles. The molecule has 2 N–H and O–H groups in total. The molecule has 9 heteroatoms. The molecule has 0 atom stereocenters. The fourth-order valence-electron chi connectivity index (χ4n) is 1.43. The molecule has 0 spiro atoms. The molecule has 1 heterocycles. The van der Waals surface area contributed by atoms with Crippen LogP contribution in [0.5, 0.6) is 5.75 Å². The van der Waals surface area contributed by atoms with Gasteiger partial charge in [0.2, 0.25) is 0 Å². The number of rotatable bonds is 4. The first-order chi connectivity index (χ1) is 8.94. The predicted molar refractivity (Wildman–Crippen MR) is 75.1 cm³/mol. The van der Waals surface area contributed by atoms with E-state index in [1.807, 2.05) is 0 Å². The average molecular weight is 367 g/mol. The summed E-state index contributed by atoms with van der Waals surface area (Å²) in [5.41, 5.74) is 0.233. The molecule has 0 fully saturated rings. The number of sulfonamides is 1. The molecule has 2 aromatic rings. The summed E-state index contributed by atoms with van der Waals surface area (Å²) in [6, 6.07) is 3.06. The Hall–Kier alpha value is -1.25. The zero-order valence-electron chi connectivity index (χ0n) is 9.65. The quantitative estimate of drug-likeness (QED) is 0.871. The second kappa shape index (κ2) is 5.40. The zero-order chi connectivity index (χ0) is 14.0. The van der Waals surface area contributed by atoms with Crippen LogP contribution in [-0.2, 0) is 10.0 Å². The summed E-state index contributed by atoms with van der Waals surface area (Å²) in [4.78, 5) is 6.18. The van der Waals surface area contributed by atoms with Crippen LogP contribution in [0.2, 0.25) is 5.02 Å². The van der Waals surface area contributed by atoms with Crippen molar-refractivity contribution in [2.45, 2.75) is 5.03 Å². The van der Waals surface area contributed by atoms with Gasteiger partial charge in [-0.25, -0.2) is 4.98 Å². The molecule has 0 bridgehead atoms. The lowest BCUT2D eigenvalue weighted by Gasteiger charge is -2.12. The monoisotopic (exact) mass is 365 g/mol. The van der Waals surface area contributed by atoms with Gasteiger partial charge in [0.25, 0.3) is 10.0 Å². The van der Waals surface area contributed by atoms with Gasteiger partial charge in [-0.3, -0.25) is 4.72 Å².